The lowest BCUT2D eigenvalue weighted by molar-refractivity contribution is -0.132. The predicted octanol–water partition coefficient (Wildman–Crippen LogP) is 6.54. The Morgan fingerprint density at radius 1 is 0.923 bits per heavy atom. The van der Waals surface area contributed by atoms with E-state index < -0.39 is 0 Å². The minimum absolute atomic E-state index is 0.0242. The van der Waals surface area contributed by atoms with Crippen LogP contribution in [0.3, 0.4) is 0 Å². The molecule has 0 aliphatic heterocycles. The van der Waals surface area contributed by atoms with Crippen LogP contribution in [0.1, 0.15) is 47.6 Å². The van der Waals surface area contributed by atoms with Gasteiger partial charge in [-0.3, -0.25) is 4.79 Å². The average molecular weight is 552 g/mol. The lowest BCUT2D eigenvalue weighted by Crippen LogP contribution is -2.45. The Morgan fingerprint density at radius 2 is 1.69 bits per heavy atom. The fourth-order valence-electron chi connectivity index (χ4n) is 4.36. The highest BCUT2D eigenvalue weighted by atomic mass is 32.1. The van der Waals surface area contributed by atoms with Crippen molar-refractivity contribution < 1.29 is 19.1 Å². The summed E-state index contributed by atoms with van der Waals surface area (Å²) < 4.78 is 10.8. The van der Waals surface area contributed by atoms with Gasteiger partial charge in [-0.05, 0) is 67.6 Å². The van der Waals surface area contributed by atoms with Crippen molar-refractivity contribution in [3.8, 4) is 11.5 Å². The van der Waals surface area contributed by atoms with Crippen molar-refractivity contribution in [1.29, 1.82) is 0 Å². The molecule has 0 unspecified atom stereocenters. The lowest BCUT2D eigenvalue weighted by Gasteiger charge is -2.28. The smallest absolute Gasteiger partial charge is 0.322 e. The normalized spacial score (nSPS) is 10.7. The maximum Gasteiger partial charge on any atom is 0.322 e. The number of carbonyl (C=O) groups excluding carboxylic acids is 2. The second kappa shape index (κ2) is 15.2. The Balaban J connectivity index is 1.77. The summed E-state index contributed by atoms with van der Waals surface area (Å²) in [6.45, 7) is 7.78. The summed E-state index contributed by atoms with van der Waals surface area (Å²) in [5, 5.41) is 3.04. The summed E-state index contributed by atoms with van der Waals surface area (Å²) >= 11 is 1.69. The van der Waals surface area contributed by atoms with Crippen LogP contribution in [-0.2, 0) is 24.2 Å². The molecule has 0 radical (unpaired) electrons. The van der Waals surface area contributed by atoms with Crippen LogP contribution in [0, 0.1) is 6.92 Å². The van der Waals surface area contributed by atoms with Crippen LogP contribution in [0.15, 0.2) is 54.6 Å². The van der Waals surface area contributed by atoms with Crippen molar-refractivity contribution in [2.24, 2.45) is 0 Å². The number of para-hydroxylation sites is 1. The summed E-state index contributed by atoms with van der Waals surface area (Å²) in [6, 6.07) is 17.5. The highest BCUT2D eigenvalue weighted by Gasteiger charge is 2.22. The Labute approximate surface area is 236 Å². The van der Waals surface area contributed by atoms with E-state index in [1.54, 1.807) is 30.5 Å². The maximum atomic E-state index is 13.7. The maximum absolute atomic E-state index is 13.7. The molecule has 7 nitrogen and oxygen atoms in total. The standard InChI is InChI=1S/C31H41N3O4S/c1-6-8-18-34(31(36)32-27-12-10-9-11-25(27)7-2)22-30(35)33(21-26-15-13-23(3)39-26)19-17-24-14-16-28(37-4)29(20-24)38-5/h9-16,20H,6-8,17-19,21-22H2,1-5H3,(H,32,36). The van der Waals surface area contributed by atoms with Crippen LogP contribution in [0.5, 0.6) is 11.5 Å². The van der Waals surface area contributed by atoms with Gasteiger partial charge in [0.15, 0.2) is 11.5 Å². The van der Waals surface area contributed by atoms with E-state index in [4.69, 9.17) is 9.47 Å². The van der Waals surface area contributed by atoms with Gasteiger partial charge >= 0.3 is 6.03 Å². The first-order valence-electron chi connectivity index (χ1n) is 13.6. The number of nitrogens with zero attached hydrogens (tertiary/aromatic N) is 2. The molecule has 0 spiro atoms. The van der Waals surface area contributed by atoms with Gasteiger partial charge in [-0.2, -0.15) is 0 Å². The highest BCUT2D eigenvalue weighted by molar-refractivity contribution is 7.11. The third kappa shape index (κ3) is 8.75. The van der Waals surface area contributed by atoms with Crippen LogP contribution >= 0.6 is 11.3 Å². The lowest BCUT2D eigenvalue weighted by atomic mass is 10.1. The number of aryl methyl sites for hydroxylation is 2. The Bertz CT molecular complexity index is 1230. The number of carbonyl (C=O) groups is 2. The fourth-order valence-corrected chi connectivity index (χ4v) is 5.27. The van der Waals surface area contributed by atoms with Crippen molar-refractivity contribution in [2.45, 2.75) is 53.0 Å². The monoisotopic (exact) mass is 551 g/mol. The number of hydrogen-bond acceptors (Lipinski definition) is 5. The van der Waals surface area contributed by atoms with Gasteiger partial charge in [0.1, 0.15) is 6.54 Å². The number of nitrogens with one attached hydrogen (secondary N) is 1. The van der Waals surface area contributed by atoms with Crippen molar-refractivity contribution in [3.63, 3.8) is 0 Å². The molecule has 0 bridgehead atoms. The van der Waals surface area contributed by atoms with Gasteiger partial charge in [0, 0.05) is 28.5 Å². The van der Waals surface area contributed by atoms with E-state index in [2.05, 4.69) is 38.2 Å². The summed E-state index contributed by atoms with van der Waals surface area (Å²) in [6.07, 6.45) is 3.23. The van der Waals surface area contributed by atoms with Crippen molar-refractivity contribution in [3.05, 3.63) is 75.5 Å². The topological polar surface area (TPSA) is 71.1 Å². The largest absolute Gasteiger partial charge is 0.493 e. The number of thiophene rings is 1. The molecule has 3 rings (SSSR count). The Hall–Kier alpha value is -3.52. The van der Waals surface area contributed by atoms with Gasteiger partial charge < -0.3 is 24.6 Å². The number of ether oxygens (including phenoxy) is 2. The molecule has 1 aromatic heterocycles. The van der Waals surface area contributed by atoms with Gasteiger partial charge in [-0.15, -0.1) is 11.3 Å². The summed E-state index contributed by atoms with van der Waals surface area (Å²) in [7, 11) is 3.23. The number of rotatable bonds is 14. The zero-order valence-electron chi connectivity index (χ0n) is 23.8. The quantitative estimate of drug-likeness (QED) is 0.247. The van der Waals surface area contributed by atoms with E-state index >= 15 is 0 Å². The van der Waals surface area contributed by atoms with Gasteiger partial charge in [0.05, 0.1) is 20.8 Å². The number of unbranched alkanes of at least 4 members (excludes halogenated alkanes) is 1. The van der Waals surface area contributed by atoms with Crippen molar-refractivity contribution >= 4 is 29.0 Å². The van der Waals surface area contributed by atoms with Crippen molar-refractivity contribution in [2.75, 3.05) is 39.2 Å². The Morgan fingerprint density at radius 3 is 2.36 bits per heavy atom. The minimum atomic E-state index is -0.246. The van der Waals surface area contributed by atoms with Crippen LogP contribution in [0.25, 0.3) is 0 Å². The van der Waals surface area contributed by atoms with E-state index in [1.165, 1.54) is 4.88 Å². The average Bonchev–Trinajstić information content (AvgIpc) is 3.37. The molecule has 0 saturated carbocycles. The fraction of sp³-hybridized carbons (Fsp3) is 0.419. The zero-order chi connectivity index (χ0) is 28.2. The molecule has 2 aromatic carbocycles. The molecule has 0 atom stereocenters. The van der Waals surface area contributed by atoms with E-state index in [0.29, 0.717) is 37.6 Å². The van der Waals surface area contributed by atoms with E-state index in [-0.39, 0.29) is 18.5 Å². The molecule has 0 aliphatic rings. The first-order valence-corrected chi connectivity index (χ1v) is 14.4. The second-order valence-corrected chi connectivity index (χ2v) is 10.9. The third-order valence-corrected chi connectivity index (χ3v) is 7.63. The number of methoxy groups -OCH3 is 2. The first kappa shape index (κ1) is 30.0. The van der Waals surface area contributed by atoms with E-state index in [9.17, 15) is 9.59 Å². The van der Waals surface area contributed by atoms with E-state index in [0.717, 1.165) is 41.0 Å². The number of anilines is 1. The van der Waals surface area contributed by atoms with Gasteiger partial charge in [0.25, 0.3) is 0 Å². The first-order chi connectivity index (χ1) is 18.9. The molecule has 0 saturated heterocycles. The molecular formula is C31H41N3O4S. The number of urea groups is 1. The predicted molar refractivity (Wildman–Crippen MR) is 159 cm³/mol. The van der Waals surface area contributed by atoms with Crippen molar-refractivity contribution in [1.82, 2.24) is 9.80 Å². The Kier molecular flexibility index (Phi) is 11.7. The number of hydrogen-bond donors (Lipinski definition) is 1. The van der Waals surface area contributed by atoms with E-state index in [1.807, 2.05) is 47.4 Å². The minimum Gasteiger partial charge on any atom is -0.493 e. The molecule has 1 N–H and O–H groups in total. The summed E-state index contributed by atoms with van der Waals surface area (Å²) in [5.74, 6) is 1.26. The molecular weight excluding hydrogens is 510 g/mol. The molecule has 3 amide bonds. The highest BCUT2D eigenvalue weighted by Crippen LogP contribution is 2.28. The van der Waals surface area contributed by atoms with Crippen LogP contribution in [0.2, 0.25) is 0 Å². The molecule has 8 heteroatoms. The summed E-state index contributed by atoms with van der Waals surface area (Å²) in [5.41, 5.74) is 2.90. The zero-order valence-corrected chi connectivity index (χ0v) is 24.6. The molecule has 0 fully saturated rings. The second-order valence-electron chi connectivity index (χ2n) is 9.48. The van der Waals surface area contributed by atoms with Crippen LogP contribution in [0.4, 0.5) is 10.5 Å². The van der Waals surface area contributed by atoms with Crippen LogP contribution in [-0.4, -0.2) is 55.6 Å². The molecule has 0 aliphatic carbocycles. The molecule has 3 aromatic rings. The van der Waals surface area contributed by atoms with Gasteiger partial charge in [0.2, 0.25) is 5.91 Å². The SMILES string of the molecule is CCCCN(CC(=O)N(CCc1ccc(OC)c(OC)c1)Cc1ccc(C)s1)C(=O)Nc1ccccc1CC. The van der Waals surface area contributed by atoms with Gasteiger partial charge in [-0.25, -0.2) is 4.79 Å². The molecule has 1 heterocycles. The van der Waals surface area contributed by atoms with Crippen LogP contribution < -0.4 is 14.8 Å². The number of benzene rings is 2. The molecule has 39 heavy (non-hydrogen) atoms. The number of amides is 3. The summed E-state index contributed by atoms with van der Waals surface area (Å²) in [4.78, 5) is 32.9. The third-order valence-electron chi connectivity index (χ3n) is 6.65. The van der Waals surface area contributed by atoms with Gasteiger partial charge in [-0.1, -0.05) is 44.5 Å². The molecule has 210 valence electrons.